The van der Waals surface area contributed by atoms with Gasteiger partial charge in [-0.05, 0) is 55.8 Å². The normalized spacial score (nSPS) is 10.7. The van der Waals surface area contributed by atoms with Gasteiger partial charge < -0.3 is 14.8 Å². The monoisotopic (exact) mass is 389 g/mol. The predicted molar refractivity (Wildman–Crippen MR) is 113 cm³/mol. The number of amides is 1. The third-order valence-corrected chi connectivity index (χ3v) is 3.95. The molecule has 0 aliphatic carbocycles. The molecule has 0 saturated carbocycles. The maximum atomic E-state index is 12.1. The lowest BCUT2D eigenvalue weighted by Gasteiger charge is -2.12. The van der Waals surface area contributed by atoms with Crippen molar-refractivity contribution in [1.29, 1.82) is 0 Å². The van der Waals surface area contributed by atoms with Gasteiger partial charge in [0.15, 0.2) is 11.5 Å². The van der Waals surface area contributed by atoms with Crippen molar-refractivity contribution in [3.05, 3.63) is 83.8 Å². The number of rotatable bonds is 8. The van der Waals surface area contributed by atoms with Gasteiger partial charge in [-0.15, -0.1) is 0 Å². The molecule has 1 N–H and O–H groups in total. The van der Waals surface area contributed by atoms with Crippen molar-refractivity contribution in [2.75, 3.05) is 11.9 Å². The summed E-state index contributed by atoms with van der Waals surface area (Å²) in [6.45, 7) is 4.69. The molecule has 6 heteroatoms. The lowest BCUT2D eigenvalue weighted by atomic mass is 10.2. The van der Waals surface area contributed by atoms with E-state index in [1.54, 1.807) is 24.5 Å². The van der Waals surface area contributed by atoms with E-state index in [9.17, 15) is 4.79 Å². The number of carbonyl (C=O) groups is 1. The Balaban J connectivity index is 1.66. The van der Waals surface area contributed by atoms with E-state index >= 15 is 0 Å². The molecular weight excluding hydrogens is 366 g/mol. The minimum atomic E-state index is -0.252. The van der Waals surface area contributed by atoms with Crippen molar-refractivity contribution in [1.82, 2.24) is 9.97 Å². The molecule has 0 aliphatic rings. The predicted octanol–water partition coefficient (Wildman–Crippen LogP) is 4.41. The first kappa shape index (κ1) is 20.1. The molecule has 6 nitrogen and oxygen atoms in total. The Bertz CT molecular complexity index is 988. The molecule has 0 saturated heterocycles. The van der Waals surface area contributed by atoms with Gasteiger partial charge in [-0.1, -0.05) is 18.2 Å². The first-order valence-corrected chi connectivity index (χ1v) is 9.35. The molecule has 0 unspecified atom stereocenters. The summed E-state index contributed by atoms with van der Waals surface area (Å²) in [6, 6.07) is 14.8. The number of benzene rings is 1. The molecule has 3 rings (SSSR count). The molecule has 1 aromatic carbocycles. The molecule has 0 spiro atoms. The van der Waals surface area contributed by atoms with Crippen LogP contribution >= 0.6 is 0 Å². The summed E-state index contributed by atoms with van der Waals surface area (Å²) in [4.78, 5) is 20.5. The second kappa shape index (κ2) is 10.0. The van der Waals surface area contributed by atoms with Crippen molar-refractivity contribution in [2.45, 2.75) is 20.5 Å². The van der Waals surface area contributed by atoms with Crippen LogP contribution in [-0.4, -0.2) is 22.5 Å². The molecule has 1 amide bonds. The Labute approximate surface area is 170 Å². The van der Waals surface area contributed by atoms with Crippen LogP contribution in [0.15, 0.2) is 67.0 Å². The van der Waals surface area contributed by atoms with Gasteiger partial charge >= 0.3 is 0 Å². The van der Waals surface area contributed by atoms with Crippen molar-refractivity contribution in [3.63, 3.8) is 0 Å². The van der Waals surface area contributed by atoms with Crippen LogP contribution in [0.4, 0.5) is 5.82 Å². The maximum Gasteiger partial charge on any atom is 0.249 e. The van der Waals surface area contributed by atoms with Gasteiger partial charge in [0.05, 0.1) is 6.61 Å². The quantitative estimate of drug-likeness (QED) is 0.578. The summed E-state index contributed by atoms with van der Waals surface area (Å²) >= 11 is 0. The SMILES string of the molecule is CCOc1cc(/C=C/C(=O)Nc2cccc(C)n2)ccc1OCc1cccnc1. The van der Waals surface area contributed by atoms with Gasteiger partial charge in [-0.3, -0.25) is 9.78 Å². The maximum absolute atomic E-state index is 12.1. The van der Waals surface area contributed by atoms with E-state index in [1.165, 1.54) is 6.08 Å². The van der Waals surface area contributed by atoms with Crippen molar-refractivity contribution < 1.29 is 14.3 Å². The molecule has 0 aliphatic heterocycles. The first-order chi connectivity index (χ1) is 14.1. The third-order valence-electron chi connectivity index (χ3n) is 3.95. The summed E-state index contributed by atoms with van der Waals surface area (Å²) in [6.07, 6.45) is 6.67. The van der Waals surface area contributed by atoms with E-state index in [1.807, 2.05) is 56.3 Å². The zero-order chi connectivity index (χ0) is 20.5. The number of aromatic nitrogens is 2. The highest BCUT2D eigenvalue weighted by Gasteiger charge is 2.07. The molecule has 2 heterocycles. The molecule has 0 fully saturated rings. The van der Waals surface area contributed by atoms with E-state index in [0.29, 0.717) is 30.5 Å². The van der Waals surface area contributed by atoms with Crippen LogP contribution in [0.3, 0.4) is 0 Å². The average molecular weight is 389 g/mol. The number of anilines is 1. The number of aryl methyl sites for hydroxylation is 1. The van der Waals surface area contributed by atoms with Crippen LogP contribution in [0.5, 0.6) is 11.5 Å². The number of nitrogens with zero attached hydrogens (tertiary/aromatic N) is 2. The minimum Gasteiger partial charge on any atom is -0.490 e. The number of nitrogens with one attached hydrogen (secondary N) is 1. The van der Waals surface area contributed by atoms with Gasteiger partial charge in [0.2, 0.25) is 5.91 Å². The second-order valence-corrected chi connectivity index (χ2v) is 6.28. The zero-order valence-electron chi connectivity index (χ0n) is 16.5. The molecule has 0 atom stereocenters. The third kappa shape index (κ3) is 6.17. The molecule has 0 radical (unpaired) electrons. The Morgan fingerprint density at radius 1 is 1.10 bits per heavy atom. The zero-order valence-corrected chi connectivity index (χ0v) is 16.5. The molecule has 29 heavy (non-hydrogen) atoms. The van der Waals surface area contributed by atoms with Crippen molar-refractivity contribution >= 4 is 17.8 Å². The Morgan fingerprint density at radius 3 is 2.76 bits per heavy atom. The first-order valence-electron chi connectivity index (χ1n) is 9.35. The van der Waals surface area contributed by atoms with E-state index in [0.717, 1.165) is 16.8 Å². The van der Waals surface area contributed by atoms with Crippen LogP contribution in [0.1, 0.15) is 23.7 Å². The number of carbonyl (C=O) groups excluding carboxylic acids is 1. The van der Waals surface area contributed by atoms with E-state index in [-0.39, 0.29) is 5.91 Å². The van der Waals surface area contributed by atoms with Gasteiger partial charge in [0, 0.05) is 29.7 Å². The molecule has 2 aromatic heterocycles. The summed E-state index contributed by atoms with van der Waals surface area (Å²) in [5, 5.41) is 2.74. The summed E-state index contributed by atoms with van der Waals surface area (Å²) in [5.74, 6) is 1.53. The lowest BCUT2D eigenvalue weighted by Crippen LogP contribution is -2.09. The van der Waals surface area contributed by atoms with Crippen molar-refractivity contribution in [3.8, 4) is 11.5 Å². The number of pyridine rings is 2. The smallest absolute Gasteiger partial charge is 0.249 e. The fourth-order valence-electron chi connectivity index (χ4n) is 2.61. The van der Waals surface area contributed by atoms with Crippen LogP contribution in [0.25, 0.3) is 6.08 Å². The largest absolute Gasteiger partial charge is 0.490 e. The molecule has 0 bridgehead atoms. The highest BCUT2D eigenvalue weighted by Crippen LogP contribution is 2.29. The van der Waals surface area contributed by atoms with Crippen LogP contribution in [-0.2, 0) is 11.4 Å². The topological polar surface area (TPSA) is 73.3 Å². The van der Waals surface area contributed by atoms with E-state index in [4.69, 9.17) is 9.47 Å². The number of hydrogen-bond donors (Lipinski definition) is 1. The highest BCUT2D eigenvalue weighted by molar-refractivity contribution is 6.01. The van der Waals surface area contributed by atoms with Gasteiger partial charge in [-0.2, -0.15) is 0 Å². The van der Waals surface area contributed by atoms with Crippen LogP contribution < -0.4 is 14.8 Å². The van der Waals surface area contributed by atoms with Gasteiger partial charge in [-0.25, -0.2) is 4.98 Å². The van der Waals surface area contributed by atoms with Gasteiger partial charge in [0.25, 0.3) is 0 Å². The minimum absolute atomic E-state index is 0.252. The fourth-order valence-corrected chi connectivity index (χ4v) is 2.61. The molecule has 148 valence electrons. The average Bonchev–Trinajstić information content (AvgIpc) is 2.72. The Kier molecular flexibility index (Phi) is 6.95. The lowest BCUT2D eigenvalue weighted by molar-refractivity contribution is -0.111. The van der Waals surface area contributed by atoms with Crippen LogP contribution in [0.2, 0.25) is 0 Å². The van der Waals surface area contributed by atoms with Crippen LogP contribution in [0, 0.1) is 6.92 Å². The molecular formula is C23H23N3O3. The Hall–Kier alpha value is -3.67. The fraction of sp³-hybridized carbons (Fsp3) is 0.174. The summed E-state index contributed by atoms with van der Waals surface area (Å²) in [7, 11) is 0. The van der Waals surface area contributed by atoms with E-state index < -0.39 is 0 Å². The highest BCUT2D eigenvalue weighted by atomic mass is 16.5. The standard InChI is InChI=1S/C23H23N3O3/c1-3-28-21-14-18(9-11-20(21)29-16-19-7-5-13-24-15-19)10-12-23(27)26-22-8-4-6-17(2)25-22/h4-15H,3,16H2,1-2H3,(H,25,26,27)/b12-10+. The number of ether oxygens (including phenoxy) is 2. The van der Waals surface area contributed by atoms with Gasteiger partial charge in [0.1, 0.15) is 12.4 Å². The second-order valence-electron chi connectivity index (χ2n) is 6.28. The van der Waals surface area contributed by atoms with Crippen molar-refractivity contribution in [2.24, 2.45) is 0 Å². The Morgan fingerprint density at radius 2 is 2.00 bits per heavy atom. The summed E-state index contributed by atoms with van der Waals surface area (Å²) in [5.41, 5.74) is 2.64. The summed E-state index contributed by atoms with van der Waals surface area (Å²) < 4.78 is 11.6. The molecule has 3 aromatic rings. The van der Waals surface area contributed by atoms with E-state index in [2.05, 4.69) is 15.3 Å². The number of hydrogen-bond acceptors (Lipinski definition) is 5.